The largest absolute Gasteiger partial charge is 0.416 e. The van der Waals surface area contributed by atoms with Crippen molar-refractivity contribution < 1.29 is 18.3 Å². The molecule has 0 amide bonds. The van der Waals surface area contributed by atoms with Crippen molar-refractivity contribution in [2.24, 2.45) is 5.73 Å². The maximum absolute atomic E-state index is 12.8. The van der Waals surface area contributed by atoms with Gasteiger partial charge in [-0.3, -0.25) is 0 Å². The van der Waals surface area contributed by atoms with Gasteiger partial charge in [-0.1, -0.05) is 25.1 Å². The first-order valence-corrected chi connectivity index (χ1v) is 5.33. The predicted molar refractivity (Wildman–Crippen MR) is 59.6 cm³/mol. The Labute approximate surface area is 98.3 Å². The number of benzene rings is 1. The van der Waals surface area contributed by atoms with Gasteiger partial charge in [0.15, 0.2) is 0 Å². The predicted octanol–water partition coefficient (Wildman–Crippen LogP) is 2.30. The number of hydrogen-bond acceptors (Lipinski definition) is 2. The molecule has 2 nitrogen and oxygen atoms in total. The number of rotatable bonds is 4. The summed E-state index contributed by atoms with van der Waals surface area (Å²) in [6.07, 6.45) is -4.11. The molecule has 0 saturated carbocycles. The molecule has 0 heterocycles. The van der Waals surface area contributed by atoms with Crippen LogP contribution in [-0.2, 0) is 11.6 Å². The van der Waals surface area contributed by atoms with Gasteiger partial charge in [-0.05, 0) is 24.6 Å². The Bertz CT molecular complexity index is 378. The molecule has 3 N–H and O–H groups in total. The van der Waals surface area contributed by atoms with Crippen LogP contribution in [0.1, 0.15) is 24.5 Å². The Hall–Kier alpha value is -1.07. The van der Waals surface area contributed by atoms with Gasteiger partial charge >= 0.3 is 6.18 Å². The van der Waals surface area contributed by atoms with Crippen molar-refractivity contribution in [1.82, 2.24) is 0 Å². The summed E-state index contributed by atoms with van der Waals surface area (Å²) in [5.74, 6) is 0. The molecule has 0 aliphatic rings. The Morgan fingerprint density at radius 3 is 2.12 bits per heavy atom. The van der Waals surface area contributed by atoms with E-state index in [2.05, 4.69) is 0 Å². The minimum Gasteiger partial charge on any atom is -0.395 e. The van der Waals surface area contributed by atoms with Crippen molar-refractivity contribution in [2.45, 2.75) is 24.9 Å². The standard InChI is InChI=1S/C12H16F3NO/c1-11(8-17,6-7-16)9-4-2-3-5-10(9)12(13,14)15/h2-5,17H,6-8,16H2,1H3. The van der Waals surface area contributed by atoms with Crippen LogP contribution in [0.2, 0.25) is 0 Å². The van der Waals surface area contributed by atoms with Crippen LogP contribution in [0.5, 0.6) is 0 Å². The quantitative estimate of drug-likeness (QED) is 0.857. The van der Waals surface area contributed by atoms with Crippen molar-refractivity contribution in [3.05, 3.63) is 35.4 Å². The lowest BCUT2D eigenvalue weighted by Crippen LogP contribution is -2.32. The topological polar surface area (TPSA) is 46.2 Å². The smallest absolute Gasteiger partial charge is 0.395 e. The van der Waals surface area contributed by atoms with Gasteiger partial charge in [-0.25, -0.2) is 0 Å². The summed E-state index contributed by atoms with van der Waals surface area (Å²) in [6.45, 7) is 1.45. The third kappa shape index (κ3) is 2.98. The number of hydrogen-bond donors (Lipinski definition) is 2. The van der Waals surface area contributed by atoms with Gasteiger partial charge in [0.1, 0.15) is 0 Å². The second kappa shape index (κ2) is 5.06. The third-order valence-electron chi connectivity index (χ3n) is 2.93. The average Bonchev–Trinajstić information content (AvgIpc) is 2.28. The molecule has 0 aliphatic heterocycles. The molecule has 1 aromatic carbocycles. The zero-order valence-corrected chi connectivity index (χ0v) is 9.59. The lowest BCUT2D eigenvalue weighted by atomic mass is 9.78. The van der Waals surface area contributed by atoms with Crippen LogP contribution < -0.4 is 5.73 Å². The second-order valence-corrected chi connectivity index (χ2v) is 4.30. The van der Waals surface area contributed by atoms with E-state index >= 15 is 0 Å². The van der Waals surface area contributed by atoms with Crippen molar-refractivity contribution in [1.29, 1.82) is 0 Å². The number of aliphatic hydroxyl groups is 1. The maximum Gasteiger partial charge on any atom is 0.416 e. The van der Waals surface area contributed by atoms with E-state index in [1.807, 2.05) is 0 Å². The summed E-state index contributed by atoms with van der Waals surface area (Å²) < 4.78 is 38.5. The SMILES string of the molecule is CC(CO)(CCN)c1ccccc1C(F)(F)F. The Morgan fingerprint density at radius 2 is 1.71 bits per heavy atom. The molecule has 5 heteroatoms. The minimum atomic E-state index is -4.42. The molecule has 0 saturated heterocycles. The van der Waals surface area contributed by atoms with Crippen LogP contribution in [-0.4, -0.2) is 18.3 Å². The molecular weight excluding hydrogens is 231 g/mol. The van der Waals surface area contributed by atoms with Crippen LogP contribution in [0, 0.1) is 0 Å². The maximum atomic E-state index is 12.8. The Morgan fingerprint density at radius 1 is 1.18 bits per heavy atom. The number of nitrogens with two attached hydrogens (primary N) is 1. The molecule has 1 atom stereocenters. The molecule has 0 bridgehead atoms. The number of halogens is 3. The fraction of sp³-hybridized carbons (Fsp3) is 0.500. The summed E-state index contributed by atoms with van der Waals surface area (Å²) in [7, 11) is 0. The van der Waals surface area contributed by atoms with Crippen molar-refractivity contribution in [3.63, 3.8) is 0 Å². The zero-order chi connectivity index (χ0) is 13.1. The molecule has 0 aliphatic carbocycles. The monoisotopic (exact) mass is 247 g/mol. The second-order valence-electron chi connectivity index (χ2n) is 4.30. The van der Waals surface area contributed by atoms with E-state index < -0.39 is 17.2 Å². The van der Waals surface area contributed by atoms with Gasteiger partial charge < -0.3 is 10.8 Å². The first kappa shape index (κ1) is 14.0. The van der Waals surface area contributed by atoms with E-state index in [0.717, 1.165) is 6.07 Å². The summed E-state index contributed by atoms with van der Waals surface area (Å²) >= 11 is 0. The molecule has 0 aromatic heterocycles. The fourth-order valence-corrected chi connectivity index (χ4v) is 1.87. The van der Waals surface area contributed by atoms with Crippen molar-refractivity contribution in [2.75, 3.05) is 13.2 Å². The van der Waals surface area contributed by atoms with E-state index in [0.29, 0.717) is 6.42 Å². The first-order chi connectivity index (χ1) is 7.85. The van der Waals surface area contributed by atoms with Gasteiger partial charge in [-0.2, -0.15) is 13.2 Å². The average molecular weight is 247 g/mol. The number of alkyl halides is 3. The van der Waals surface area contributed by atoms with Crippen molar-refractivity contribution >= 4 is 0 Å². The van der Waals surface area contributed by atoms with E-state index in [1.54, 1.807) is 6.92 Å². The highest BCUT2D eigenvalue weighted by Crippen LogP contribution is 2.38. The number of aliphatic hydroxyl groups excluding tert-OH is 1. The summed E-state index contributed by atoms with van der Waals surface area (Å²) in [4.78, 5) is 0. The van der Waals surface area contributed by atoms with Crippen LogP contribution >= 0.6 is 0 Å². The van der Waals surface area contributed by atoms with Crippen molar-refractivity contribution in [3.8, 4) is 0 Å². The molecule has 1 unspecified atom stereocenters. The fourth-order valence-electron chi connectivity index (χ4n) is 1.87. The molecule has 17 heavy (non-hydrogen) atoms. The molecule has 0 spiro atoms. The van der Waals surface area contributed by atoms with Crippen LogP contribution in [0.15, 0.2) is 24.3 Å². The molecule has 0 radical (unpaired) electrons. The highest BCUT2D eigenvalue weighted by molar-refractivity contribution is 5.36. The van der Waals surface area contributed by atoms with Gasteiger partial charge in [0.2, 0.25) is 0 Å². The zero-order valence-electron chi connectivity index (χ0n) is 9.59. The lowest BCUT2D eigenvalue weighted by Gasteiger charge is -2.30. The normalized spacial score (nSPS) is 15.6. The van der Waals surface area contributed by atoms with Gasteiger partial charge in [0.05, 0.1) is 12.2 Å². The van der Waals surface area contributed by atoms with Gasteiger partial charge in [0.25, 0.3) is 0 Å². The molecule has 1 rings (SSSR count). The molecular formula is C12H16F3NO. The van der Waals surface area contributed by atoms with E-state index in [9.17, 15) is 18.3 Å². The molecule has 0 fully saturated rings. The van der Waals surface area contributed by atoms with E-state index in [4.69, 9.17) is 5.73 Å². The van der Waals surface area contributed by atoms with Gasteiger partial charge in [0, 0.05) is 5.41 Å². The van der Waals surface area contributed by atoms with E-state index in [1.165, 1.54) is 18.2 Å². The van der Waals surface area contributed by atoms with Gasteiger partial charge in [-0.15, -0.1) is 0 Å². The molecule has 96 valence electrons. The highest BCUT2D eigenvalue weighted by atomic mass is 19.4. The minimum absolute atomic E-state index is 0.0976. The lowest BCUT2D eigenvalue weighted by molar-refractivity contribution is -0.139. The van der Waals surface area contributed by atoms with Crippen LogP contribution in [0.3, 0.4) is 0 Å². The Kier molecular flexibility index (Phi) is 4.16. The third-order valence-corrected chi connectivity index (χ3v) is 2.93. The van der Waals surface area contributed by atoms with Crippen LogP contribution in [0.25, 0.3) is 0 Å². The van der Waals surface area contributed by atoms with E-state index in [-0.39, 0.29) is 18.7 Å². The summed E-state index contributed by atoms with van der Waals surface area (Å²) in [5, 5.41) is 9.34. The Balaban J connectivity index is 3.29. The first-order valence-electron chi connectivity index (χ1n) is 5.33. The highest BCUT2D eigenvalue weighted by Gasteiger charge is 2.38. The summed E-state index contributed by atoms with van der Waals surface area (Å²) in [6, 6.07) is 5.30. The summed E-state index contributed by atoms with van der Waals surface area (Å²) in [5.41, 5.74) is 3.83. The molecule has 1 aromatic rings. The van der Waals surface area contributed by atoms with Crippen LogP contribution in [0.4, 0.5) is 13.2 Å².